The molecule has 0 radical (unpaired) electrons. The monoisotopic (exact) mass is 235 g/mol. The fourth-order valence-corrected chi connectivity index (χ4v) is 1.50. The van der Waals surface area contributed by atoms with Crippen LogP contribution in [-0.2, 0) is 6.54 Å². The number of aromatic hydroxyl groups is 2. The molecule has 17 heavy (non-hydrogen) atoms. The first-order valence-corrected chi connectivity index (χ1v) is 5.16. The molecule has 1 heterocycles. The van der Waals surface area contributed by atoms with E-state index < -0.39 is 0 Å². The van der Waals surface area contributed by atoms with Crippen LogP contribution < -0.4 is 5.32 Å². The van der Waals surface area contributed by atoms with Crippen molar-refractivity contribution in [2.45, 2.75) is 19.5 Å². The molecule has 1 unspecified atom stereocenters. The van der Waals surface area contributed by atoms with Crippen molar-refractivity contribution in [3.05, 3.63) is 36.0 Å². The van der Waals surface area contributed by atoms with E-state index >= 15 is 0 Å². The molecular formula is C11H13N3O3. The molecule has 0 saturated carbocycles. The largest absolute Gasteiger partial charge is 0.508 e. The quantitative estimate of drug-likeness (QED) is 0.740. The van der Waals surface area contributed by atoms with E-state index in [-0.39, 0.29) is 17.5 Å². The van der Waals surface area contributed by atoms with Crippen LogP contribution in [0.4, 0.5) is 0 Å². The highest BCUT2D eigenvalue weighted by molar-refractivity contribution is 5.37. The molecule has 2 rings (SSSR count). The van der Waals surface area contributed by atoms with E-state index in [1.165, 1.54) is 12.5 Å². The Morgan fingerprint density at radius 2 is 2.00 bits per heavy atom. The van der Waals surface area contributed by atoms with E-state index in [2.05, 4.69) is 20.0 Å². The van der Waals surface area contributed by atoms with Crippen LogP contribution in [-0.4, -0.2) is 20.4 Å². The van der Waals surface area contributed by atoms with Gasteiger partial charge >= 0.3 is 0 Å². The topological polar surface area (TPSA) is 91.4 Å². The van der Waals surface area contributed by atoms with Crippen molar-refractivity contribution >= 4 is 0 Å². The summed E-state index contributed by atoms with van der Waals surface area (Å²) < 4.78 is 4.61. The number of rotatable bonds is 4. The Hall–Kier alpha value is -2.08. The molecule has 0 spiro atoms. The van der Waals surface area contributed by atoms with Gasteiger partial charge in [-0.05, 0) is 24.6 Å². The van der Waals surface area contributed by atoms with Crippen LogP contribution >= 0.6 is 0 Å². The van der Waals surface area contributed by atoms with Crippen molar-refractivity contribution in [2.24, 2.45) is 0 Å². The van der Waals surface area contributed by atoms with Crippen molar-refractivity contribution in [2.75, 3.05) is 0 Å². The van der Waals surface area contributed by atoms with Gasteiger partial charge in [-0.15, -0.1) is 0 Å². The predicted molar refractivity (Wildman–Crippen MR) is 59.3 cm³/mol. The first-order chi connectivity index (χ1) is 8.15. The molecule has 1 aromatic carbocycles. The maximum Gasteiger partial charge on any atom is 0.213 e. The summed E-state index contributed by atoms with van der Waals surface area (Å²) in [6, 6.07) is 4.42. The fraction of sp³-hybridized carbons (Fsp3) is 0.273. The van der Waals surface area contributed by atoms with E-state index in [1.807, 2.05) is 6.92 Å². The zero-order chi connectivity index (χ0) is 12.3. The molecule has 90 valence electrons. The molecule has 0 aliphatic rings. The van der Waals surface area contributed by atoms with Gasteiger partial charge in [-0.25, -0.2) is 0 Å². The van der Waals surface area contributed by atoms with Crippen molar-refractivity contribution < 1.29 is 14.7 Å². The third-order valence-electron chi connectivity index (χ3n) is 2.40. The Balaban J connectivity index is 2.01. The Bertz CT molecular complexity index is 464. The summed E-state index contributed by atoms with van der Waals surface area (Å²) in [5.41, 5.74) is 0.783. The molecule has 6 heteroatoms. The first kappa shape index (κ1) is 11.4. The third kappa shape index (κ3) is 2.94. The van der Waals surface area contributed by atoms with Crippen molar-refractivity contribution in [1.29, 1.82) is 0 Å². The standard InChI is InChI=1S/C11H13N3O3/c1-7(12-5-11-13-6-17-14-11)8-2-9(15)4-10(16)3-8/h2-4,6-7,12,15-16H,5H2,1H3. The van der Waals surface area contributed by atoms with Crippen LogP contribution in [0, 0.1) is 0 Å². The van der Waals surface area contributed by atoms with Crippen LogP contribution in [0.15, 0.2) is 29.1 Å². The number of benzene rings is 1. The average molecular weight is 235 g/mol. The van der Waals surface area contributed by atoms with Gasteiger partial charge in [0, 0.05) is 12.1 Å². The lowest BCUT2D eigenvalue weighted by atomic mass is 10.1. The van der Waals surface area contributed by atoms with Crippen LogP contribution in [0.3, 0.4) is 0 Å². The number of aromatic nitrogens is 2. The molecule has 0 saturated heterocycles. The Kier molecular flexibility index (Phi) is 3.24. The van der Waals surface area contributed by atoms with Crippen molar-refractivity contribution in [3.8, 4) is 11.5 Å². The van der Waals surface area contributed by atoms with Gasteiger partial charge < -0.3 is 20.1 Å². The third-order valence-corrected chi connectivity index (χ3v) is 2.40. The van der Waals surface area contributed by atoms with E-state index in [1.54, 1.807) is 12.1 Å². The lowest BCUT2D eigenvalue weighted by molar-refractivity contribution is 0.404. The molecule has 0 aliphatic heterocycles. The lowest BCUT2D eigenvalue weighted by Gasteiger charge is -2.13. The number of hydrogen-bond donors (Lipinski definition) is 3. The second-order valence-corrected chi connectivity index (χ2v) is 3.73. The smallest absolute Gasteiger partial charge is 0.213 e. The predicted octanol–water partition coefficient (Wildman–Crippen LogP) is 1.33. The highest BCUT2D eigenvalue weighted by Crippen LogP contribution is 2.24. The van der Waals surface area contributed by atoms with Crippen LogP contribution in [0.2, 0.25) is 0 Å². The van der Waals surface area contributed by atoms with Gasteiger partial charge in [0.2, 0.25) is 6.39 Å². The minimum Gasteiger partial charge on any atom is -0.508 e. The maximum absolute atomic E-state index is 9.37. The minimum atomic E-state index is -0.0495. The van der Waals surface area contributed by atoms with Gasteiger partial charge in [0.15, 0.2) is 5.82 Å². The van der Waals surface area contributed by atoms with E-state index in [0.717, 1.165) is 5.56 Å². The summed E-state index contributed by atoms with van der Waals surface area (Å²) in [5.74, 6) is 0.627. The fourth-order valence-electron chi connectivity index (χ4n) is 1.50. The van der Waals surface area contributed by atoms with Crippen LogP contribution in [0.25, 0.3) is 0 Å². The average Bonchev–Trinajstić information content (AvgIpc) is 2.77. The van der Waals surface area contributed by atoms with Gasteiger partial charge in [0.1, 0.15) is 11.5 Å². The van der Waals surface area contributed by atoms with Gasteiger partial charge in [0.05, 0.1) is 6.54 Å². The summed E-state index contributed by atoms with van der Waals surface area (Å²) in [6.45, 7) is 2.36. The number of nitrogens with zero attached hydrogens (tertiary/aromatic N) is 2. The summed E-state index contributed by atoms with van der Waals surface area (Å²) in [4.78, 5) is 3.88. The van der Waals surface area contributed by atoms with Gasteiger partial charge in [-0.1, -0.05) is 5.16 Å². The molecule has 1 atom stereocenters. The van der Waals surface area contributed by atoms with Gasteiger partial charge in [-0.3, -0.25) is 0 Å². The summed E-state index contributed by atoms with van der Waals surface area (Å²) in [6.07, 6.45) is 1.27. The molecule has 2 aromatic rings. The minimum absolute atomic E-state index is 0.0354. The van der Waals surface area contributed by atoms with Gasteiger partial charge in [0.25, 0.3) is 0 Å². The summed E-state index contributed by atoms with van der Waals surface area (Å²) >= 11 is 0. The second-order valence-electron chi connectivity index (χ2n) is 3.73. The molecule has 6 nitrogen and oxygen atoms in total. The first-order valence-electron chi connectivity index (χ1n) is 5.16. The number of nitrogens with one attached hydrogen (secondary N) is 1. The normalized spacial score (nSPS) is 12.5. The molecule has 1 aromatic heterocycles. The van der Waals surface area contributed by atoms with E-state index in [4.69, 9.17) is 0 Å². The SMILES string of the molecule is CC(NCc1ncon1)c1cc(O)cc(O)c1. The lowest BCUT2D eigenvalue weighted by Crippen LogP contribution is -2.18. The Labute approximate surface area is 97.9 Å². The van der Waals surface area contributed by atoms with Crippen LogP contribution in [0.1, 0.15) is 24.4 Å². The van der Waals surface area contributed by atoms with Crippen molar-refractivity contribution in [3.63, 3.8) is 0 Å². The van der Waals surface area contributed by atoms with Crippen molar-refractivity contribution in [1.82, 2.24) is 15.5 Å². The Morgan fingerprint density at radius 3 is 2.59 bits per heavy atom. The molecule has 3 N–H and O–H groups in total. The molecule has 0 amide bonds. The zero-order valence-corrected chi connectivity index (χ0v) is 9.29. The van der Waals surface area contributed by atoms with Gasteiger partial charge in [-0.2, -0.15) is 4.98 Å². The number of phenols is 2. The summed E-state index contributed by atoms with van der Waals surface area (Å²) in [7, 11) is 0. The van der Waals surface area contributed by atoms with E-state index in [0.29, 0.717) is 12.4 Å². The molecule has 0 aliphatic carbocycles. The molecule has 0 bridgehead atoms. The Morgan fingerprint density at radius 1 is 1.29 bits per heavy atom. The maximum atomic E-state index is 9.37. The number of hydrogen-bond acceptors (Lipinski definition) is 6. The number of phenolic OH excluding ortho intramolecular Hbond substituents is 2. The zero-order valence-electron chi connectivity index (χ0n) is 9.29. The molecular weight excluding hydrogens is 222 g/mol. The summed E-state index contributed by atoms with van der Waals surface area (Å²) in [5, 5.41) is 25.6. The molecule has 0 fully saturated rings. The highest BCUT2D eigenvalue weighted by atomic mass is 16.5. The highest BCUT2D eigenvalue weighted by Gasteiger charge is 2.08. The van der Waals surface area contributed by atoms with E-state index in [9.17, 15) is 10.2 Å². The van der Waals surface area contributed by atoms with Crippen LogP contribution in [0.5, 0.6) is 11.5 Å². The second kappa shape index (κ2) is 4.84.